The Bertz CT molecular complexity index is 829. The van der Waals surface area contributed by atoms with E-state index in [4.69, 9.17) is 4.74 Å². The number of nitrogens with one attached hydrogen (secondary N) is 1. The number of amides is 1. The predicted octanol–water partition coefficient (Wildman–Crippen LogP) is 2.31. The van der Waals surface area contributed by atoms with Crippen molar-refractivity contribution in [2.24, 2.45) is 7.05 Å². The van der Waals surface area contributed by atoms with Crippen LogP contribution in [0, 0.1) is 0 Å². The first-order valence-electron chi connectivity index (χ1n) is 7.67. The zero-order valence-corrected chi connectivity index (χ0v) is 13.8. The summed E-state index contributed by atoms with van der Waals surface area (Å²) in [6.07, 6.45) is -2.64. The van der Waals surface area contributed by atoms with E-state index in [9.17, 15) is 27.9 Å². The van der Waals surface area contributed by atoms with E-state index in [1.165, 1.54) is 31.4 Å². The van der Waals surface area contributed by atoms with Crippen molar-refractivity contribution in [1.82, 2.24) is 9.88 Å². The third-order valence-electron chi connectivity index (χ3n) is 3.54. The van der Waals surface area contributed by atoms with Crippen molar-refractivity contribution in [2.45, 2.75) is 12.6 Å². The largest absolute Gasteiger partial charge is 0.502 e. The van der Waals surface area contributed by atoms with Gasteiger partial charge in [0, 0.05) is 19.8 Å². The van der Waals surface area contributed by atoms with Crippen molar-refractivity contribution in [3.8, 4) is 11.5 Å². The summed E-state index contributed by atoms with van der Waals surface area (Å²) in [5, 5.41) is 12.2. The molecule has 9 heteroatoms. The minimum absolute atomic E-state index is 0.128. The molecule has 6 nitrogen and oxygen atoms in total. The Kier molecular flexibility index (Phi) is 5.91. The predicted molar refractivity (Wildman–Crippen MR) is 87.2 cm³/mol. The quantitative estimate of drug-likeness (QED) is 0.765. The van der Waals surface area contributed by atoms with Crippen LogP contribution in [0.25, 0.3) is 0 Å². The van der Waals surface area contributed by atoms with Gasteiger partial charge in [-0.3, -0.25) is 9.59 Å². The third kappa shape index (κ3) is 4.78. The summed E-state index contributed by atoms with van der Waals surface area (Å²) in [6, 6.07) is 5.62. The number of benzene rings is 1. The first-order chi connectivity index (χ1) is 12.2. The van der Waals surface area contributed by atoms with Gasteiger partial charge in [0.15, 0.2) is 5.75 Å². The molecule has 0 spiro atoms. The number of halogens is 3. The van der Waals surface area contributed by atoms with Gasteiger partial charge in [-0.2, -0.15) is 13.2 Å². The molecular weight excluding hydrogens is 353 g/mol. The number of rotatable bonds is 6. The normalized spacial score (nSPS) is 11.2. The van der Waals surface area contributed by atoms with E-state index >= 15 is 0 Å². The number of nitrogens with zero attached hydrogens (tertiary/aromatic N) is 1. The lowest BCUT2D eigenvalue weighted by atomic mass is 10.2. The molecule has 0 saturated heterocycles. The Hall–Kier alpha value is -2.97. The molecule has 26 heavy (non-hydrogen) atoms. The van der Waals surface area contributed by atoms with Gasteiger partial charge in [-0.15, -0.1) is 0 Å². The molecule has 2 rings (SSSR count). The summed E-state index contributed by atoms with van der Waals surface area (Å²) in [7, 11) is 1.45. The second-order valence-electron chi connectivity index (χ2n) is 5.47. The Balaban J connectivity index is 1.78. The van der Waals surface area contributed by atoms with Gasteiger partial charge in [0.2, 0.25) is 0 Å². The zero-order valence-electron chi connectivity index (χ0n) is 13.8. The maximum Gasteiger partial charge on any atom is 0.416 e. The second-order valence-corrected chi connectivity index (χ2v) is 5.47. The number of ether oxygens (including phenoxy) is 1. The average molecular weight is 370 g/mol. The molecular formula is C17H17F3N2O4. The molecule has 0 radical (unpaired) electrons. The fraction of sp³-hybridized carbons (Fsp3) is 0.294. The molecule has 0 fully saturated rings. The molecule has 0 aliphatic heterocycles. The summed E-state index contributed by atoms with van der Waals surface area (Å²) < 4.78 is 43.8. The number of aryl methyl sites for hydroxylation is 1. The zero-order chi connectivity index (χ0) is 19.3. The van der Waals surface area contributed by atoms with Crippen LogP contribution in [0.15, 0.2) is 41.3 Å². The lowest BCUT2D eigenvalue weighted by Crippen LogP contribution is -2.28. The number of alkyl halides is 3. The van der Waals surface area contributed by atoms with Crippen LogP contribution in [0.1, 0.15) is 22.3 Å². The van der Waals surface area contributed by atoms with Crippen LogP contribution in [0.3, 0.4) is 0 Å². The Labute approximate surface area is 146 Å². The molecule has 1 aromatic heterocycles. The van der Waals surface area contributed by atoms with Crippen LogP contribution in [0.4, 0.5) is 13.2 Å². The molecule has 0 aliphatic carbocycles. The highest BCUT2D eigenvalue weighted by molar-refractivity contribution is 5.96. The van der Waals surface area contributed by atoms with Gasteiger partial charge in [0.05, 0.1) is 17.7 Å². The van der Waals surface area contributed by atoms with Gasteiger partial charge in [0.1, 0.15) is 5.75 Å². The van der Waals surface area contributed by atoms with Crippen LogP contribution in [-0.4, -0.2) is 28.7 Å². The van der Waals surface area contributed by atoms with E-state index in [0.29, 0.717) is 6.42 Å². The van der Waals surface area contributed by atoms with Crippen molar-refractivity contribution in [2.75, 3.05) is 13.2 Å². The van der Waals surface area contributed by atoms with Crippen molar-refractivity contribution < 1.29 is 27.8 Å². The Morgan fingerprint density at radius 2 is 1.88 bits per heavy atom. The first-order valence-corrected chi connectivity index (χ1v) is 7.67. The van der Waals surface area contributed by atoms with Gasteiger partial charge in [-0.05, 0) is 36.8 Å². The maximum absolute atomic E-state index is 12.4. The van der Waals surface area contributed by atoms with Crippen molar-refractivity contribution in [3.63, 3.8) is 0 Å². The first kappa shape index (κ1) is 19.4. The average Bonchev–Trinajstić information content (AvgIpc) is 2.59. The molecule has 1 heterocycles. The molecule has 1 aromatic carbocycles. The van der Waals surface area contributed by atoms with Crippen LogP contribution >= 0.6 is 0 Å². The maximum atomic E-state index is 12.4. The van der Waals surface area contributed by atoms with E-state index < -0.39 is 29.0 Å². The highest BCUT2D eigenvalue weighted by Gasteiger charge is 2.29. The van der Waals surface area contributed by atoms with Crippen molar-refractivity contribution in [1.29, 1.82) is 0 Å². The van der Waals surface area contributed by atoms with Gasteiger partial charge in [-0.1, -0.05) is 0 Å². The molecule has 0 atom stereocenters. The Morgan fingerprint density at radius 1 is 1.23 bits per heavy atom. The minimum atomic E-state index is -4.40. The van der Waals surface area contributed by atoms with Crippen LogP contribution in [0.2, 0.25) is 0 Å². The lowest BCUT2D eigenvalue weighted by Gasteiger charge is -2.10. The van der Waals surface area contributed by atoms with Gasteiger partial charge in [-0.25, -0.2) is 0 Å². The lowest BCUT2D eigenvalue weighted by molar-refractivity contribution is -0.137. The van der Waals surface area contributed by atoms with Gasteiger partial charge < -0.3 is 19.7 Å². The number of carbonyl (C=O) groups excluding carboxylic acids is 1. The monoisotopic (exact) mass is 370 g/mol. The summed E-state index contributed by atoms with van der Waals surface area (Å²) in [5.41, 5.74) is -1.56. The second kappa shape index (κ2) is 7.94. The summed E-state index contributed by atoms with van der Waals surface area (Å²) in [4.78, 5) is 23.5. The summed E-state index contributed by atoms with van der Waals surface area (Å²) in [5.74, 6) is -0.947. The molecule has 0 saturated carbocycles. The molecule has 0 aliphatic rings. The van der Waals surface area contributed by atoms with Crippen LogP contribution in [0.5, 0.6) is 11.5 Å². The molecule has 2 N–H and O–H groups in total. The highest BCUT2D eigenvalue weighted by Crippen LogP contribution is 2.30. The number of aromatic nitrogens is 1. The fourth-order valence-corrected chi connectivity index (χ4v) is 2.10. The van der Waals surface area contributed by atoms with Crippen LogP contribution < -0.4 is 15.6 Å². The van der Waals surface area contributed by atoms with Gasteiger partial charge in [0.25, 0.3) is 11.5 Å². The molecule has 140 valence electrons. The minimum Gasteiger partial charge on any atom is -0.502 e. The topological polar surface area (TPSA) is 80.6 Å². The number of pyridine rings is 1. The standard InChI is InChI=1S/C17H17F3N2O4/c1-22-9-7-13(14(23)16(22)25)15(24)21-8-2-10-26-12-5-3-11(4-6-12)17(18,19)20/h3-7,9,23H,2,8,10H2,1H3,(H,21,24). The number of hydrogen-bond acceptors (Lipinski definition) is 4. The van der Waals surface area contributed by atoms with Crippen molar-refractivity contribution in [3.05, 3.63) is 58.0 Å². The molecule has 2 aromatic rings. The molecule has 0 bridgehead atoms. The summed E-state index contributed by atoms with van der Waals surface area (Å²) in [6.45, 7) is 0.377. The molecule has 1 amide bonds. The van der Waals surface area contributed by atoms with Crippen molar-refractivity contribution >= 4 is 5.91 Å². The summed E-state index contributed by atoms with van der Waals surface area (Å²) >= 11 is 0. The SMILES string of the molecule is Cn1ccc(C(=O)NCCCOc2ccc(C(F)(F)F)cc2)c(O)c1=O. The van der Waals surface area contributed by atoms with E-state index in [1.54, 1.807) is 0 Å². The third-order valence-corrected chi connectivity index (χ3v) is 3.54. The fourth-order valence-electron chi connectivity index (χ4n) is 2.10. The Morgan fingerprint density at radius 3 is 2.50 bits per heavy atom. The van der Waals surface area contributed by atoms with Crippen LogP contribution in [-0.2, 0) is 13.2 Å². The van der Waals surface area contributed by atoms with E-state index in [2.05, 4.69) is 5.32 Å². The van der Waals surface area contributed by atoms with E-state index in [-0.39, 0.29) is 24.5 Å². The van der Waals surface area contributed by atoms with E-state index in [0.717, 1.165) is 16.7 Å². The van der Waals surface area contributed by atoms with Gasteiger partial charge >= 0.3 is 6.18 Å². The number of hydrogen-bond donors (Lipinski definition) is 2. The highest BCUT2D eigenvalue weighted by atomic mass is 19.4. The number of aromatic hydroxyl groups is 1. The van der Waals surface area contributed by atoms with E-state index in [1.807, 2.05) is 0 Å². The smallest absolute Gasteiger partial charge is 0.416 e. The molecule has 0 unspecified atom stereocenters. The number of carbonyl (C=O) groups is 1.